The second kappa shape index (κ2) is 0.667. The molecular formula is C7H12. The summed E-state index contributed by atoms with van der Waals surface area (Å²) in [7, 11) is 0. The summed E-state index contributed by atoms with van der Waals surface area (Å²) in [6, 6.07) is 0. The molecule has 0 unspecified atom stereocenters. The molecule has 2 bridgehead atoms. The van der Waals surface area contributed by atoms with E-state index in [2.05, 4.69) is 13.8 Å². The molecule has 3 aliphatic carbocycles. The van der Waals surface area contributed by atoms with Crippen molar-refractivity contribution in [3.05, 3.63) is 0 Å². The summed E-state index contributed by atoms with van der Waals surface area (Å²) in [5.74, 6) is 0. The average Bonchev–Trinajstić information content (AvgIpc) is 1.27. The van der Waals surface area contributed by atoms with Crippen molar-refractivity contribution in [3.8, 4) is 0 Å². The van der Waals surface area contributed by atoms with Gasteiger partial charge in [0.05, 0.1) is 0 Å². The summed E-state index contributed by atoms with van der Waals surface area (Å²) in [4.78, 5) is 0. The van der Waals surface area contributed by atoms with Gasteiger partial charge in [0.15, 0.2) is 0 Å². The highest BCUT2D eigenvalue weighted by Crippen LogP contribution is 2.72. The third-order valence-corrected chi connectivity index (χ3v) is 2.56. The molecule has 0 N–H and O–H groups in total. The predicted octanol–water partition coefficient (Wildman–Crippen LogP) is 2.20. The Kier molecular flexibility index (Phi) is 0.375. The van der Waals surface area contributed by atoms with Crippen molar-refractivity contribution in [1.29, 1.82) is 0 Å². The quantitative estimate of drug-likeness (QED) is 0.433. The fourth-order valence-corrected chi connectivity index (χ4v) is 2.94. The van der Waals surface area contributed by atoms with Crippen molar-refractivity contribution in [2.45, 2.75) is 33.1 Å². The molecule has 0 aromatic heterocycles. The van der Waals surface area contributed by atoms with E-state index in [0.29, 0.717) is 0 Å². The molecule has 3 rings (SSSR count). The zero-order chi connectivity index (χ0) is 5.12. The van der Waals surface area contributed by atoms with Crippen molar-refractivity contribution in [2.24, 2.45) is 10.8 Å². The minimum atomic E-state index is 0.828. The third kappa shape index (κ3) is 0.296. The molecule has 0 atom stereocenters. The Hall–Kier alpha value is 0. The van der Waals surface area contributed by atoms with Crippen LogP contribution in [-0.4, -0.2) is 0 Å². The lowest BCUT2D eigenvalue weighted by Gasteiger charge is -2.68. The van der Waals surface area contributed by atoms with E-state index in [1.807, 2.05) is 0 Å². The van der Waals surface area contributed by atoms with Crippen LogP contribution in [0.1, 0.15) is 33.1 Å². The summed E-state index contributed by atoms with van der Waals surface area (Å²) in [6.07, 6.45) is 4.54. The van der Waals surface area contributed by atoms with Gasteiger partial charge in [0.25, 0.3) is 0 Å². The van der Waals surface area contributed by atoms with Crippen LogP contribution in [0, 0.1) is 10.8 Å². The Labute approximate surface area is 44.9 Å². The standard InChI is InChI=1S/C7H12/c1-6-3-7(2,4-6)5-6/h3-5H2,1-2H3. The van der Waals surface area contributed by atoms with E-state index in [9.17, 15) is 0 Å². The third-order valence-electron chi connectivity index (χ3n) is 2.56. The minimum Gasteiger partial charge on any atom is -0.0596 e. The van der Waals surface area contributed by atoms with Crippen LogP contribution in [-0.2, 0) is 0 Å². The molecule has 0 radical (unpaired) electrons. The van der Waals surface area contributed by atoms with Crippen molar-refractivity contribution < 1.29 is 0 Å². The van der Waals surface area contributed by atoms with Crippen LogP contribution in [0.3, 0.4) is 0 Å². The normalized spacial score (nSPS) is 66.0. The highest BCUT2D eigenvalue weighted by molar-refractivity contribution is 5.12. The highest BCUT2D eigenvalue weighted by atomic mass is 14.7. The molecule has 0 nitrogen and oxygen atoms in total. The maximum atomic E-state index is 2.40. The number of hydrogen-bond acceptors (Lipinski definition) is 0. The Morgan fingerprint density at radius 3 is 1.14 bits per heavy atom. The lowest BCUT2D eigenvalue weighted by atomic mass is 9.37. The van der Waals surface area contributed by atoms with Crippen LogP contribution in [0.25, 0.3) is 0 Å². The Bertz CT molecular complexity index is 81.4. The maximum absolute atomic E-state index is 2.40. The van der Waals surface area contributed by atoms with Gasteiger partial charge in [-0.1, -0.05) is 13.8 Å². The van der Waals surface area contributed by atoms with Gasteiger partial charge in [-0.3, -0.25) is 0 Å². The first-order valence-electron chi connectivity index (χ1n) is 3.12. The van der Waals surface area contributed by atoms with E-state index in [0.717, 1.165) is 10.8 Å². The molecule has 3 aliphatic rings. The molecule has 0 amide bonds. The summed E-state index contributed by atoms with van der Waals surface area (Å²) < 4.78 is 0. The van der Waals surface area contributed by atoms with Crippen molar-refractivity contribution >= 4 is 0 Å². The topological polar surface area (TPSA) is 0 Å². The van der Waals surface area contributed by atoms with Crippen molar-refractivity contribution in [3.63, 3.8) is 0 Å². The summed E-state index contributed by atoms with van der Waals surface area (Å²) in [5.41, 5.74) is 1.66. The highest BCUT2D eigenvalue weighted by Gasteiger charge is 2.61. The van der Waals surface area contributed by atoms with Crippen molar-refractivity contribution in [1.82, 2.24) is 0 Å². The first-order chi connectivity index (χ1) is 3.12. The molecule has 0 aliphatic heterocycles. The fourth-order valence-electron chi connectivity index (χ4n) is 2.94. The average molecular weight is 96.2 g/mol. The molecule has 7 heavy (non-hydrogen) atoms. The van der Waals surface area contributed by atoms with E-state index in [1.54, 1.807) is 0 Å². The Balaban J connectivity index is 2.16. The second-order valence-corrected chi connectivity index (χ2v) is 4.15. The first kappa shape index (κ1) is 3.94. The molecule has 0 heteroatoms. The zero-order valence-electron chi connectivity index (χ0n) is 5.12. The Morgan fingerprint density at radius 2 is 1.14 bits per heavy atom. The lowest BCUT2D eigenvalue weighted by Crippen LogP contribution is -2.57. The van der Waals surface area contributed by atoms with E-state index in [4.69, 9.17) is 0 Å². The van der Waals surface area contributed by atoms with Gasteiger partial charge in [-0.2, -0.15) is 0 Å². The van der Waals surface area contributed by atoms with E-state index >= 15 is 0 Å². The van der Waals surface area contributed by atoms with Gasteiger partial charge < -0.3 is 0 Å². The maximum Gasteiger partial charge on any atom is -0.0310 e. The summed E-state index contributed by atoms with van der Waals surface area (Å²) in [6.45, 7) is 4.80. The fraction of sp³-hybridized carbons (Fsp3) is 1.00. The Morgan fingerprint density at radius 1 is 0.857 bits per heavy atom. The smallest absolute Gasteiger partial charge is 0.0310 e. The molecule has 40 valence electrons. The molecule has 3 fully saturated rings. The number of hydrogen-bond donors (Lipinski definition) is 0. The summed E-state index contributed by atoms with van der Waals surface area (Å²) in [5, 5.41) is 0. The van der Waals surface area contributed by atoms with Gasteiger partial charge >= 0.3 is 0 Å². The molecular weight excluding hydrogens is 84.1 g/mol. The summed E-state index contributed by atoms with van der Waals surface area (Å²) >= 11 is 0. The minimum absolute atomic E-state index is 0.828. The largest absolute Gasteiger partial charge is 0.0596 e. The molecule has 0 saturated heterocycles. The van der Waals surface area contributed by atoms with Gasteiger partial charge in [-0.25, -0.2) is 0 Å². The van der Waals surface area contributed by atoms with Crippen LogP contribution < -0.4 is 0 Å². The van der Waals surface area contributed by atoms with Crippen LogP contribution >= 0.6 is 0 Å². The molecule has 0 spiro atoms. The van der Waals surface area contributed by atoms with E-state index in [-0.39, 0.29) is 0 Å². The molecule has 3 saturated carbocycles. The van der Waals surface area contributed by atoms with Crippen LogP contribution in [0.4, 0.5) is 0 Å². The van der Waals surface area contributed by atoms with E-state index < -0.39 is 0 Å². The van der Waals surface area contributed by atoms with Gasteiger partial charge in [-0.15, -0.1) is 0 Å². The SMILES string of the molecule is CC12CC(C)(C1)C2. The van der Waals surface area contributed by atoms with Crippen molar-refractivity contribution in [2.75, 3.05) is 0 Å². The number of rotatable bonds is 0. The van der Waals surface area contributed by atoms with Gasteiger partial charge in [-0.05, 0) is 30.1 Å². The molecule has 0 aromatic carbocycles. The zero-order valence-corrected chi connectivity index (χ0v) is 5.12. The monoisotopic (exact) mass is 96.1 g/mol. The van der Waals surface area contributed by atoms with E-state index in [1.165, 1.54) is 19.3 Å². The van der Waals surface area contributed by atoms with Crippen LogP contribution in [0.5, 0.6) is 0 Å². The van der Waals surface area contributed by atoms with Crippen LogP contribution in [0.2, 0.25) is 0 Å². The molecule has 0 heterocycles. The van der Waals surface area contributed by atoms with Gasteiger partial charge in [0, 0.05) is 0 Å². The van der Waals surface area contributed by atoms with Gasteiger partial charge in [0.1, 0.15) is 0 Å². The first-order valence-corrected chi connectivity index (χ1v) is 3.12. The predicted molar refractivity (Wildman–Crippen MR) is 30.1 cm³/mol. The molecule has 0 aromatic rings. The van der Waals surface area contributed by atoms with Crippen LogP contribution in [0.15, 0.2) is 0 Å². The second-order valence-electron chi connectivity index (χ2n) is 4.15. The lowest BCUT2D eigenvalue weighted by molar-refractivity contribution is -0.176. The van der Waals surface area contributed by atoms with Gasteiger partial charge in [0.2, 0.25) is 0 Å².